The summed E-state index contributed by atoms with van der Waals surface area (Å²) >= 11 is 17.8. The van der Waals surface area contributed by atoms with Gasteiger partial charge in [0.15, 0.2) is 5.65 Å². The van der Waals surface area contributed by atoms with E-state index >= 15 is 0 Å². The quantitative estimate of drug-likeness (QED) is 0.629. The Morgan fingerprint density at radius 1 is 1.04 bits per heavy atom. The highest BCUT2D eigenvalue weighted by Gasteiger charge is 2.18. The zero-order valence-electron chi connectivity index (χ0n) is 13.5. The molecule has 0 bridgehead atoms. The molecule has 0 radical (unpaired) electrons. The molecule has 25 heavy (non-hydrogen) atoms. The summed E-state index contributed by atoms with van der Waals surface area (Å²) in [5.74, 6) is 0. The van der Waals surface area contributed by atoms with Crippen LogP contribution in [0.5, 0.6) is 0 Å². The SMILES string of the molecule is S=c1n(CN2CCN(c3ccccc3)CC2)nc2c(Cl)cc(Cl)cn12. The molecule has 130 valence electrons. The average molecular weight is 394 g/mol. The number of anilines is 1. The fraction of sp³-hybridized carbons (Fsp3) is 0.294. The van der Waals surface area contributed by atoms with Gasteiger partial charge in [-0.3, -0.25) is 9.30 Å². The van der Waals surface area contributed by atoms with E-state index in [1.54, 1.807) is 16.7 Å². The van der Waals surface area contributed by atoms with Gasteiger partial charge in [0.25, 0.3) is 0 Å². The lowest BCUT2D eigenvalue weighted by molar-refractivity contribution is 0.195. The summed E-state index contributed by atoms with van der Waals surface area (Å²) < 4.78 is 4.18. The van der Waals surface area contributed by atoms with Crippen molar-refractivity contribution in [3.63, 3.8) is 0 Å². The van der Waals surface area contributed by atoms with Crippen LogP contribution in [-0.2, 0) is 6.67 Å². The Bertz CT molecular complexity index is 945. The van der Waals surface area contributed by atoms with Gasteiger partial charge < -0.3 is 4.90 Å². The maximum Gasteiger partial charge on any atom is 0.203 e. The zero-order valence-corrected chi connectivity index (χ0v) is 15.8. The predicted octanol–water partition coefficient (Wildman–Crippen LogP) is 3.95. The number of nitrogens with zero attached hydrogens (tertiary/aromatic N) is 5. The number of hydrogen-bond acceptors (Lipinski definition) is 4. The molecule has 8 heteroatoms. The van der Waals surface area contributed by atoms with Crippen LogP contribution in [0, 0.1) is 4.77 Å². The first-order valence-electron chi connectivity index (χ1n) is 8.08. The number of benzene rings is 1. The molecule has 1 saturated heterocycles. The fourth-order valence-corrected chi connectivity index (χ4v) is 3.86. The van der Waals surface area contributed by atoms with E-state index in [4.69, 9.17) is 35.4 Å². The summed E-state index contributed by atoms with van der Waals surface area (Å²) in [5, 5.41) is 5.61. The smallest absolute Gasteiger partial charge is 0.203 e. The van der Waals surface area contributed by atoms with Crippen LogP contribution in [0.25, 0.3) is 5.65 Å². The summed E-state index contributed by atoms with van der Waals surface area (Å²) in [6, 6.07) is 12.2. The second-order valence-electron chi connectivity index (χ2n) is 6.06. The summed E-state index contributed by atoms with van der Waals surface area (Å²) in [4.78, 5) is 4.74. The molecule has 0 atom stereocenters. The number of halogens is 2. The van der Waals surface area contributed by atoms with E-state index < -0.39 is 0 Å². The van der Waals surface area contributed by atoms with Gasteiger partial charge in [0.1, 0.15) is 0 Å². The van der Waals surface area contributed by atoms with Crippen molar-refractivity contribution in [1.82, 2.24) is 19.1 Å². The molecule has 0 amide bonds. The molecule has 3 heterocycles. The Balaban J connectivity index is 1.49. The van der Waals surface area contributed by atoms with Crippen molar-refractivity contribution in [2.45, 2.75) is 6.67 Å². The topological polar surface area (TPSA) is 28.7 Å². The van der Waals surface area contributed by atoms with Gasteiger partial charge in [-0.1, -0.05) is 41.4 Å². The van der Waals surface area contributed by atoms with Crippen LogP contribution in [0.1, 0.15) is 0 Å². The molecule has 0 saturated carbocycles. The van der Waals surface area contributed by atoms with Crippen molar-refractivity contribution >= 4 is 46.8 Å². The molecule has 3 aromatic rings. The third-order valence-electron chi connectivity index (χ3n) is 4.43. The van der Waals surface area contributed by atoms with Crippen LogP contribution in [0.3, 0.4) is 0 Å². The van der Waals surface area contributed by atoms with Crippen molar-refractivity contribution < 1.29 is 0 Å². The summed E-state index contributed by atoms with van der Waals surface area (Å²) in [6.07, 6.45) is 1.75. The van der Waals surface area contributed by atoms with Crippen LogP contribution in [0.4, 0.5) is 5.69 Å². The van der Waals surface area contributed by atoms with E-state index in [9.17, 15) is 0 Å². The minimum absolute atomic E-state index is 0.506. The highest BCUT2D eigenvalue weighted by Crippen LogP contribution is 2.22. The van der Waals surface area contributed by atoms with E-state index in [2.05, 4.69) is 39.2 Å². The number of piperazine rings is 1. The molecule has 1 aliphatic rings. The molecule has 1 aromatic carbocycles. The van der Waals surface area contributed by atoms with Gasteiger partial charge in [0.2, 0.25) is 4.77 Å². The molecule has 5 nitrogen and oxygen atoms in total. The molecular formula is C17H17Cl2N5S. The van der Waals surface area contributed by atoms with E-state index in [1.807, 2.05) is 10.7 Å². The van der Waals surface area contributed by atoms with Crippen LogP contribution in [0.2, 0.25) is 10.0 Å². The molecule has 0 aliphatic carbocycles. The van der Waals surface area contributed by atoms with Gasteiger partial charge in [-0.25, -0.2) is 4.68 Å². The fourth-order valence-electron chi connectivity index (χ4n) is 3.11. The number of fused-ring (bicyclic) bond motifs is 1. The first-order chi connectivity index (χ1) is 12.1. The standard InChI is InChI=1S/C17H17Cl2N5S/c18-13-10-15(19)16-20-24(17(25)23(16)11-13)12-21-6-8-22(9-7-21)14-4-2-1-3-5-14/h1-5,10-11H,6-9,12H2. The minimum atomic E-state index is 0.506. The Morgan fingerprint density at radius 3 is 2.48 bits per heavy atom. The number of rotatable bonds is 3. The second kappa shape index (κ2) is 6.96. The van der Waals surface area contributed by atoms with Gasteiger partial charge in [0.05, 0.1) is 16.7 Å². The minimum Gasteiger partial charge on any atom is -0.369 e. The predicted molar refractivity (Wildman–Crippen MR) is 104 cm³/mol. The van der Waals surface area contributed by atoms with Crippen molar-refractivity contribution in [3.05, 3.63) is 57.4 Å². The Hall–Kier alpha value is -1.60. The average Bonchev–Trinajstić information content (AvgIpc) is 2.93. The maximum absolute atomic E-state index is 6.23. The van der Waals surface area contributed by atoms with Gasteiger partial charge in [-0.2, -0.15) is 0 Å². The molecule has 0 spiro atoms. The zero-order chi connectivity index (χ0) is 17.4. The molecule has 4 rings (SSSR count). The Morgan fingerprint density at radius 2 is 1.76 bits per heavy atom. The summed E-state index contributed by atoms with van der Waals surface area (Å²) in [5.41, 5.74) is 1.91. The third-order valence-corrected chi connectivity index (χ3v) is 5.32. The summed E-state index contributed by atoms with van der Waals surface area (Å²) in [7, 11) is 0. The lowest BCUT2D eigenvalue weighted by atomic mass is 10.2. The Labute approximate surface area is 161 Å². The first-order valence-corrected chi connectivity index (χ1v) is 9.25. The first kappa shape index (κ1) is 16.8. The second-order valence-corrected chi connectivity index (χ2v) is 7.27. The molecule has 1 aliphatic heterocycles. The van der Waals surface area contributed by atoms with E-state index in [-0.39, 0.29) is 0 Å². The molecule has 1 fully saturated rings. The number of pyridine rings is 1. The summed E-state index contributed by atoms with van der Waals surface area (Å²) in [6.45, 7) is 4.53. The van der Waals surface area contributed by atoms with Crippen molar-refractivity contribution in [2.24, 2.45) is 0 Å². The number of hydrogen-bond donors (Lipinski definition) is 0. The van der Waals surface area contributed by atoms with Gasteiger partial charge in [-0.15, -0.1) is 5.10 Å². The largest absolute Gasteiger partial charge is 0.369 e. The van der Waals surface area contributed by atoms with Crippen molar-refractivity contribution in [2.75, 3.05) is 31.1 Å². The van der Waals surface area contributed by atoms with Crippen molar-refractivity contribution in [3.8, 4) is 0 Å². The monoisotopic (exact) mass is 393 g/mol. The van der Waals surface area contributed by atoms with Gasteiger partial charge in [-0.05, 0) is 30.4 Å². The number of para-hydroxylation sites is 1. The Kier molecular flexibility index (Phi) is 4.69. The number of aromatic nitrogens is 3. The van der Waals surface area contributed by atoms with E-state index in [0.717, 1.165) is 26.2 Å². The van der Waals surface area contributed by atoms with Crippen LogP contribution >= 0.6 is 35.4 Å². The van der Waals surface area contributed by atoms with Crippen LogP contribution in [-0.4, -0.2) is 45.3 Å². The molecule has 0 N–H and O–H groups in total. The molecule has 0 unspecified atom stereocenters. The van der Waals surface area contributed by atoms with Gasteiger partial charge >= 0.3 is 0 Å². The third kappa shape index (κ3) is 3.40. The van der Waals surface area contributed by atoms with Crippen LogP contribution in [0.15, 0.2) is 42.6 Å². The molecular weight excluding hydrogens is 377 g/mol. The molecule has 2 aromatic heterocycles. The highest BCUT2D eigenvalue weighted by atomic mass is 35.5. The van der Waals surface area contributed by atoms with Gasteiger partial charge in [0, 0.05) is 38.1 Å². The lowest BCUT2D eigenvalue weighted by Crippen LogP contribution is -2.46. The van der Waals surface area contributed by atoms with Crippen molar-refractivity contribution in [1.29, 1.82) is 0 Å². The highest BCUT2D eigenvalue weighted by molar-refractivity contribution is 7.71. The maximum atomic E-state index is 6.23. The van der Waals surface area contributed by atoms with Crippen LogP contribution < -0.4 is 4.90 Å². The lowest BCUT2D eigenvalue weighted by Gasteiger charge is -2.35. The normalized spacial score (nSPS) is 15.8. The van der Waals surface area contributed by atoms with E-state index in [1.165, 1.54) is 5.69 Å². The van der Waals surface area contributed by atoms with E-state index in [0.29, 0.717) is 27.1 Å².